The zero-order valence-electron chi connectivity index (χ0n) is 11.8. The van der Waals surface area contributed by atoms with E-state index in [2.05, 4.69) is 5.10 Å². The van der Waals surface area contributed by atoms with Crippen LogP contribution in [0.15, 0.2) is 35.4 Å². The molecule has 0 atom stereocenters. The van der Waals surface area contributed by atoms with Crippen molar-refractivity contribution in [3.63, 3.8) is 0 Å². The van der Waals surface area contributed by atoms with Gasteiger partial charge in [0.2, 0.25) is 10.0 Å². The van der Waals surface area contributed by atoms with E-state index in [0.717, 1.165) is 4.31 Å². The van der Waals surface area contributed by atoms with Crippen LogP contribution in [0.2, 0.25) is 0 Å². The van der Waals surface area contributed by atoms with Crippen LogP contribution in [0.1, 0.15) is 12.5 Å². The predicted octanol–water partition coefficient (Wildman–Crippen LogP) is 1.44. The summed E-state index contributed by atoms with van der Waals surface area (Å²) in [5.74, 6) is -0.506. The van der Waals surface area contributed by atoms with Crippen LogP contribution in [0.5, 0.6) is 0 Å². The summed E-state index contributed by atoms with van der Waals surface area (Å²) < 4.78 is 41.0. The number of aryl methyl sites for hydroxylation is 1. The maximum absolute atomic E-state index is 13.6. The van der Waals surface area contributed by atoms with Gasteiger partial charge in [-0.3, -0.25) is 4.68 Å². The summed E-state index contributed by atoms with van der Waals surface area (Å²) >= 11 is 0. The van der Waals surface area contributed by atoms with Crippen LogP contribution in [-0.4, -0.2) is 29.6 Å². The molecule has 21 heavy (non-hydrogen) atoms. The van der Waals surface area contributed by atoms with Crippen LogP contribution in [0.25, 0.3) is 0 Å². The van der Waals surface area contributed by atoms with Crippen molar-refractivity contribution in [1.29, 1.82) is 0 Å². The van der Waals surface area contributed by atoms with Gasteiger partial charge in [-0.05, 0) is 13.0 Å². The molecule has 114 valence electrons. The van der Waals surface area contributed by atoms with Crippen molar-refractivity contribution in [3.05, 3.63) is 41.8 Å². The van der Waals surface area contributed by atoms with Gasteiger partial charge in [-0.2, -0.15) is 9.40 Å². The number of rotatable bonds is 5. The maximum atomic E-state index is 13.6. The lowest BCUT2D eigenvalue weighted by Crippen LogP contribution is -2.27. The Balaban J connectivity index is 2.30. The van der Waals surface area contributed by atoms with Gasteiger partial charge in [0.1, 0.15) is 10.7 Å². The van der Waals surface area contributed by atoms with Crippen molar-refractivity contribution in [2.45, 2.75) is 24.9 Å². The third kappa shape index (κ3) is 3.06. The average Bonchev–Trinajstić information content (AvgIpc) is 2.83. The second-order valence-electron chi connectivity index (χ2n) is 4.59. The van der Waals surface area contributed by atoms with E-state index in [-0.39, 0.29) is 17.3 Å². The Kier molecular flexibility index (Phi) is 4.29. The second-order valence-corrected chi connectivity index (χ2v) is 6.60. The highest BCUT2D eigenvalue weighted by molar-refractivity contribution is 7.89. The summed E-state index contributed by atoms with van der Waals surface area (Å²) in [6, 6.07) is 6.04. The van der Waals surface area contributed by atoms with Crippen molar-refractivity contribution in [3.8, 4) is 0 Å². The second kappa shape index (κ2) is 5.82. The minimum atomic E-state index is -3.82. The van der Waals surface area contributed by atoms with Gasteiger partial charge in [-0.15, -0.1) is 0 Å². The first-order valence-corrected chi connectivity index (χ1v) is 7.83. The van der Waals surface area contributed by atoms with Gasteiger partial charge >= 0.3 is 0 Å². The molecule has 8 heteroatoms. The number of halogens is 1. The Morgan fingerprint density at radius 1 is 1.38 bits per heavy atom. The lowest BCUT2D eigenvalue weighted by molar-refractivity contribution is 0.456. The third-order valence-corrected chi connectivity index (χ3v) is 4.94. The van der Waals surface area contributed by atoms with Crippen LogP contribution in [0.3, 0.4) is 0 Å². The van der Waals surface area contributed by atoms with Gasteiger partial charge in [0.25, 0.3) is 0 Å². The van der Waals surface area contributed by atoms with E-state index < -0.39 is 15.8 Å². The molecule has 0 saturated carbocycles. The van der Waals surface area contributed by atoms with Crippen molar-refractivity contribution < 1.29 is 12.8 Å². The molecule has 0 aliphatic rings. The normalized spacial score (nSPS) is 12.0. The van der Waals surface area contributed by atoms with Crippen molar-refractivity contribution >= 4 is 15.8 Å². The van der Waals surface area contributed by atoms with E-state index in [1.54, 1.807) is 18.2 Å². The molecule has 1 aromatic heterocycles. The summed E-state index contributed by atoms with van der Waals surface area (Å²) in [6.07, 6.45) is 1.38. The van der Waals surface area contributed by atoms with E-state index in [9.17, 15) is 12.8 Å². The van der Waals surface area contributed by atoms with Gasteiger partial charge < -0.3 is 5.73 Å². The van der Waals surface area contributed by atoms with Gasteiger partial charge in [0, 0.05) is 31.9 Å². The van der Waals surface area contributed by atoms with Crippen molar-refractivity contribution in [1.82, 2.24) is 14.1 Å². The van der Waals surface area contributed by atoms with Crippen LogP contribution < -0.4 is 5.73 Å². The predicted molar refractivity (Wildman–Crippen MR) is 77.4 cm³/mol. The molecule has 1 aromatic carbocycles. The molecule has 1 heterocycles. The Hall–Kier alpha value is -1.93. The first-order chi connectivity index (χ1) is 9.86. The summed E-state index contributed by atoms with van der Waals surface area (Å²) in [5, 5.41) is 3.92. The molecule has 0 bridgehead atoms. The van der Waals surface area contributed by atoms with Crippen molar-refractivity contribution in [2.75, 3.05) is 12.8 Å². The van der Waals surface area contributed by atoms with Crippen LogP contribution in [-0.2, 0) is 23.1 Å². The molecule has 0 aliphatic carbocycles. The van der Waals surface area contributed by atoms with Crippen LogP contribution in [0, 0.1) is 5.82 Å². The smallest absolute Gasteiger partial charge is 0.248 e. The number of benzene rings is 1. The number of hydrogen-bond acceptors (Lipinski definition) is 4. The van der Waals surface area contributed by atoms with E-state index in [0.29, 0.717) is 12.1 Å². The summed E-state index contributed by atoms with van der Waals surface area (Å²) in [5.41, 5.74) is 5.95. The van der Waals surface area contributed by atoms with Gasteiger partial charge in [-0.25, -0.2) is 12.8 Å². The molecule has 0 unspecified atom stereocenters. The Bertz CT molecular complexity index is 742. The number of nitrogens with two attached hydrogens (primary N) is 1. The average molecular weight is 312 g/mol. The standard InChI is InChI=1S/C13H17FN4O2S/c1-3-18-9-12(13(15)16-18)21(19,20)17(2)8-10-6-4-5-7-11(10)14/h4-7,9H,3,8H2,1-2H3,(H2,15,16). The summed E-state index contributed by atoms with van der Waals surface area (Å²) in [6.45, 7) is 2.26. The minimum Gasteiger partial charge on any atom is -0.381 e. The first-order valence-electron chi connectivity index (χ1n) is 6.39. The Morgan fingerprint density at radius 3 is 2.62 bits per heavy atom. The molecule has 0 fully saturated rings. The fraction of sp³-hybridized carbons (Fsp3) is 0.308. The topological polar surface area (TPSA) is 81.2 Å². The molecule has 2 rings (SSSR count). The molecule has 2 N–H and O–H groups in total. The molecule has 6 nitrogen and oxygen atoms in total. The number of hydrogen-bond donors (Lipinski definition) is 1. The molecule has 2 aromatic rings. The molecule has 0 aliphatic heterocycles. The number of anilines is 1. The highest BCUT2D eigenvalue weighted by Crippen LogP contribution is 2.22. The van der Waals surface area contributed by atoms with Crippen molar-refractivity contribution in [2.24, 2.45) is 0 Å². The van der Waals surface area contributed by atoms with Gasteiger partial charge in [0.15, 0.2) is 5.82 Å². The van der Waals surface area contributed by atoms with E-state index in [4.69, 9.17) is 5.73 Å². The zero-order valence-corrected chi connectivity index (χ0v) is 12.6. The first kappa shape index (κ1) is 15.5. The van der Waals surface area contributed by atoms with E-state index in [1.807, 2.05) is 6.92 Å². The Morgan fingerprint density at radius 2 is 2.05 bits per heavy atom. The summed E-state index contributed by atoms with van der Waals surface area (Å²) in [7, 11) is -2.44. The number of nitrogen functional groups attached to an aromatic ring is 1. The molecule has 0 amide bonds. The maximum Gasteiger partial charge on any atom is 0.248 e. The molecular weight excluding hydrogens is 295 g/mol. The fourth-order valence-electron chi connectivity index (χ4n) is 1.90. The lowest BCUT2D eigenvalue weighted by Gasteiger charge is -2.16. The molecule has 0 spiro atoms. The van der Waals surface area contributed by atoms with E-state index in [1.165, 1.54) is 24.0 Å². The molecule has 0 saturated heterocycles. The highest BCUT2D eigenvalue weighted by Gasteiger charge is 2.26. The van der Waals surface area contributed by atoms with Gasteiger partial charge in [-0.1, -0.05) is 18.2 Å². The zero-order chi connectivity index (χ0) is 15.6. The summed E-state index contributed by atoms with van der Waals surface area (Å²) in [4.78, 5) is -0.0665. The highest BCUT2D eigenvalue weighted by atomic mass is 32.2. The molecular formula is C13H17FN4O2S. The van der Waals surface area contributed by atoms with Crippen LogP contribution in [0.4, 0.5) is 10.2 Å². The number of aromatic nitrogens is 2. The quantitative estimate of drug-likeness (QED) is 0.906. The minimum absolute atomic E-state index is 0.0581. The van der Waals surface area contributed by atoms with E-state index >= 15 is 0 Å². The molecule has 0 radical (unpaired) electrons. The SMILES string of the molecule is CCn1cc(S(=O)(=O)N(C)Cc2ccccc2F)c(N)n1. The fourth-order valence-corrected chi connectivity index (χ4v) is 3.10. The Labute approximate surface area is 123 Å². The monoisotopic (exact) mass is 312 g/mol. The number of sulfonamides is 1. The van der Waals surface area contributed by atoms with Gasteiger partial charge in [0.05, 0.1) is 0 Å². The van der Waals surface area contributed by atoms with Crippen LogP contribution >= 0.6 is 0 Å². The third-order valence-electron chi connectivity index (χ3n) is 3.12. The lowest BCUT2D eigenvalue weighted by atomic mass is 10.2. The number of nitrogens with zero attached hydrogens (tertiary/aromatic N) is 3. The largest absolute Gasteiger partial charge is 0.381 e.